The van der Waals surface area contributed by atoms with E-state index in [9.17, 15) is 4.79 Å². The lowest BCUT2D eigenvalue weighted by Crippen LogP contribution is -2.21. The average Bonchev–Trinajstić information content (AvgIpc) is 2.96. The van der Waals surface area contributed by atoms with Crippen LogP contribution in [0.3, 0.4) is 0 Å². The normalized spacial score (nSPS) is 11.5. The van der Waals surface area contributed by atoms with Crippen molar-refractivity contribution in [1.29, 1.82) is 0 Å². The van der Waals surface area contributed by atoms with Crippen molar-refractivity contribution in [1.82, 2.24) is 10.5 Å². The second kappa shape index (κ2) is 4.94. The molecule has 4 nitrogen and oxygen atoms in total. The van der Waals surface area contributed by atoms with Gasteiger partial charge in [-0.1, -0.05) is 32.0 Å². The Morgan fingerprint density at radius 3 is 2.83 bits per heavy atom. The number of thiophene rings is 1. The lowest BCUT2D eigenvalue weighted by Gasteiger charge is -2.12. The number of hydrogen-bond donors (Lipinski definition) is 1. The number of hydrogen-bond acceptors (Lipinski definition) is 4. The van der Waals surface area contributed by atoms with Crippen LogP contribution in [0.2, 0.25) is 0 Å². The molecule has 0 radical (unpaired) electrons. The fourth-order valence-corrected chi connectivity index (χ4v) is 2.05. The molecule has 0 saturated heterocycles. The van der Waals surface area contributed by atoms with Gasteiger partial charge in [0, 0.05) is 16.4 Å². The molecule has 2 heterocycles. The Morgan fingerprint density at radius 2 is 2.28 bits per heavy atom. The Balaban J connectivity index is 1.99. The zero-order valence-electron chi connectivity index (χ0n) is 10.7. The zero-order valence-corrected chi connectivity index (χ0v) is 11.5. The van der Waals surface area contributed by atoms with Crippen LogP contribution >= 0.6 is 11.3 Å². The van der Waals surface area contributed by atoms with Gasteiger partial charge in [0.1, 0.15) is 0 Å². The first kappa shape index (κ1) is 12.8. The molecule has 2 aromatic heterocycles. The Morgan fingerprint density at radius 1 is 1.50 bits per heavy atom. The number of nitrogens with one attached hydrogen (secondary N) is 1. The lowest BCUT2D eigenvalue weighted by molar-refractivity contribution is 0.0914. The second-order valence-corrected chi connectivity index (χ2v) is 6.12. The summed E-state index contributed by atoms with van der Waals surface area (Å²) in [5.41, 5.74) is 0.666. The van der Waals surface area contributed by atoms with Gasteiger partial charge in [-0.25, -0.2) is 0 Å². The first-order chi connectivity index (χ1) is 8.47. The molecular formula is C13H16N2O2S. The third-order valence-corrected chi connectivity index (χ3v) is 3.38. The van der Waals surface area contributed by atoms with E-state index in [1.54, 1.807) is 17.4 Å². The molecule has 1 amide bonds. The summed E-state index contributed by atoms with van der Waals surface area (Å²) in [4.78, 5) is 13.0. The van der Waals surface area contributed by atoms with Gasteiger partial charge >= 0.3 is 0 Å². The van der Waals surface area contributed by atoms with Gasteiger partial charge in [0.15, 0.2) is 0 Å². The molecule has 0 unspecified atom stereocenters. The molecule has 96 valence electrons. The van der Waals surface area contributed by atoms with Crippen molar-refractivity contribution in [2.45, 2.75) is 32.7 Å². The summed E-state index contributed by atoms with van der Waals surface area (Å²) >= 11 is 1.61. The van der Waals surface area contributed by atoms with Crippen LogP contribution in [0.5, 0.6) is 0 Å². The molecule has 0 aromatic carbocycles. The summed E-state index contributed by atoms with van der Waals surface area (Å²) in [5, 5.41) is 8.70. The number of rotatable bonds is 3. The van der Waals surface area contributed by atoms with E-state index < -0.39 is 0 Å². The van der Waals surface area contributed by atoms with Crippen LogP contribution < -0.4 is 5.32 Å². The highest BCUT2D eigenvalue weighted by atomic mass is 32.1. The molecule has 0 aliphatic heterocycles. The minimum Gasteiger partial charge on any atom is -0.351 e. The van der Waals surface area contributed by atoms with Crippen LogP contribution in [0.25, 0.3) is 0 Å². The van der Waals surface area contributed by atoms with E-state index in [0.717, 1.165) is 10.6 Å². The molecule has 0 fully saturated rings. The number of carbonyl (C=O) groups is 1. The number of amides is 1. The summed E-state index contributed by atoms with van der Waals surface area (Å²) in [5.74, 6) is 0.0304. The minimum atomic E-state index is -0.230. The maximum atomic E-state index is 11.8. The van der Waals surface area contributed by atoms with Gasteiger partial charge in [0.2, 0.25) is 5.76 Å². The van der Waals surface area contributed by atoms with Gasteiger partial charge in [0.05, 0.1) is 12.2 Å². The third-order valence-electron chi connectivity index (χ3n) is 2.51. The molecular weight excluding hydrogens is 248 g/mol. The van der Waals surface area contributed by atoms with Crippen molar-refractivity contribution in [3.63, 3.8) is 0 Å². The topological polar surface area (TPSA) is 55.1 Å². The quantitative estimate of drug-likeness (QED) is 0.927. The van der Waals surface area contributed by atoms with Crippen LogP contribution in [0.15, 0.2) is 28.1 Å². The van der Waals surface area contributed by atoms with Crippen LogP contribution in [0.4, 0.5) is 0 Å². The molecule has 0 saturated carbocycles. The smallest absolute Gasteiger partial charge is 0.290 e. The Kier molecular flexibility index (Phi) is 3.52. The third kappa shape index (κ3) is 2.98. The van der Waals surface area contributed by atoms with Crippen molar-refractivity contribution in [3.8, 4) is 0 Å². The van der Waals surface area contributed by atoms with Crippen LogP contribution in [0, 0.1) is 0 Å². The van der Waals surface area contributed by atoms with Crippen molar-refractivity contribution in [2.75, 3.05) is 0 Å². The highest BCUT2D eigenvalue weighted by Gasteiger charge is 2.21. The monoisotopic (exact) mass is 264 g/mol. The van der Waals surface area contributed by atoms with Crippen LogP contribution in [-0.4, -0.2) is 11.1 Å². The van der Waals surface area contributed by atoms with Crippen LogP contribution in [-0.2, 0) is 12.0 Å². The highest BCUT2D eigenvalue weighted by Crippen LogP contribution is 2.21. The van der Waals surface area contributed by atoms with Gasteiger partial charge < -0.3 is 9.84 Å². The number of carbonyl (C=O) groups excluding carboxylic acids is 1. The molecule has 18 heavy (non-hydrogen) atoms. The Bertz CT molecular complexity index is 523. The first-order valence-electron chi connectivity index (χ1n) is 5.74. The van der Waals surface area contributed by atoms with Gasteiger partial charge in [-0.3, -0.25) is 4.79 Å². The molecule has 2 aromatic rings. The van der Waals surface area contributed by atoms with Crippen molar-refractivity contribution in [2.24, 2.45) is 0 Å². The Hall–Kier alpha value is -1.62. The van der Waals surface area contributed by atoms with Gasteiger partial charge in [-0.05, 0) is 11.4 Å². The van der Waals surface area contributed by atoms with Gasteiger partial charge in [-0.2, -0.15) is 0 Å². The van der Waals surface area contributed by atoms with E-state index in [0.29, 0.717) is 6.54 Å². The van der Waals surface area contributed by atoms with E-state index >= 15 is 0 Å². The summed E-state index contributed by atoms with van der Waals surface area (Å²) < 4.78 is 5.06. The number of aromatic nitrogens is 1. The van der Waals surface area contributed by atoms with E-state index in [-0.39, 0.29) is 17.1 Å². The predicted octanol–water partition coefficient (Wildman–Crippen LogP) is 2.96. The maximum Gasteiger partial charge on any atom is 0.290 e. The second-order valence-electron chi connectivity index (χ2n) is 5.09. The molecule has 5 heteroatoms. The van der Waals surface area contributed by atoms with Crippen molar-refractivity contribution in [3.05, 3.63) is 39.9 Å². The SMILES string of the molecule is CC(C)(C)c1cc(C(=O)NCc2cccs2)on1. The summed E-state index contributed by atoms with van der Waals surface area (Å²) in [6.45, 7) is 6.59. The van der Waals surface area contributed by atoms with E-state index in [1.807, 2.05) is 38.3 Å². The zero-order chi connectivity index (χ0) is 13.2. The molecule has 2 rings (SSSR count). The summed E-state index contributed by atoms with van der Waals surface area (Å²) in [7, 11) is 0. The fraction of sp³-hybridized carbons (Fsp3) is 0.385. The largest absolute Gasteiger partial charge is 0.351 e. The van der Waals surface area contributed by atoms with E-state index in [4.69, 9.17) is 4.52 Å². The van der Waals surface area contributed by atoms with Crippen molar-refractivity contribution >= 4 is 17.2 Å². The number of nitrogens with zero attached hydrogens (tertiary/aromatic N) is 1. The Labute approximate surface area is 110 Å². The maximum absolute atomic E-state index is 11.8. The van der Waals surface area contributed by atoms with Gasteiger partial charge in [0.25, 0.3) is 5.91 Å². The summed E-state index contributed by atoms with van der Waals surface area (Å²) in [6, 6.07) is 5.63. The molecule has 0 aliphatic carbocycles. The molecule has 0 bridgehead atoms. The average molecular weight is 264 g/mol. The highest BCUT2D eigenvalue weighted by molar-refractivity contribution is 7.09. The minimum absolute atomic E-state index is 0.115. The lowest BCUT2D eigenvalue weighted by atomic mass is 9.92. The first-order valence-corrected chi connectivity index (χ1v) is 6.62. The molecule has 0 atom stereocenters. The van der Waals surface area contributed by atoms with E-state index in [1.165, 1.54) is 0 Å². The molecule has 1 N–H and O–H groups in total. The van der Waals surface area contributed by atoms with Crippen molar-refractivity contribution < 1.29 is 9.32 Å². The standard InChI is InChI=1S/C13H16N2O2S/c1-13(2,3)11-7-10(17-15-11)12(16)14-8-9-5-4-6-18-9/h4-7H,8H2,1-3H3,(H,14,16). The predicted molar refractivity (Wildman–Crippen MR) is 70.7 cm³/mol. The van der Waals surface area contributed by atoms with Crippen LogP contribution in [0.1, 0.15) is 41.9 Å². The molecule has 0 spiro atoms. The summed E-state index contributed by atoms with van der Waals surface area (Å²) in [6.07, 6.45) is 0. The molecule has 0 aliphatic rings. The van der Waals surface area contributed by atoms with E-state index in [2.05, 4.69) is 10.5 Å². The van der Waals surface area contributed by atoms with Gasteiger partial charge in [-0.15, -0.1) is 11.3 Å². The fourth-order valence-electron chi connectivity index (χ4n) is 1.40.